The van der Waals surface area contributed by atoms with E-state index in [0.717, 1.165) is 37.0 Å². The molecular formula is C14H23N3OS. The van der Waals surface area contributed by atoms with Gasteiger partial charge in [0.25, 0.3) is 0 Å². The zero-order valence-corrected chi connectivity index (χ0v) is 12.7. The molecule has 0 radical (unpaired) electrons. The van der Waals surface area contributed by atoms with Crippen LogP contribution in [0, 0.1) is 0 Å². The summed E-state index contributed by atoms with van der Waals surface area (Å²) in [5.41, 5.74) is 1.26. The van der Waals surface area contributed by atoms with Crippen molar-refractivity contribution in [2.75, 3.05) is 39.3 Å². The Hall–Kier alpha value is -1.36. The van der Waals surface area contributed by atoms with Gasteiger partial charge in [0.2, 0.25) is 0 Å². The van der Waals surface area contributed by atoms with Crippen molar-refractivity contribution in [2.45, 2.75) is 6.42 Å². The van der Waals surface area contributed by atoms with Gasteiger partial charge >= 0.3 is 0 Å². The highest BCUT2D eigenvalue weighted by atomic mass is 32.2. The molecule has 0 aliphatic carbocycles. The Labute approximate surface area is 120 Å². The van der Waals surface area contributed by atoms with Crippen LogP contribution in [0.25, 0.3) is 0 Å². The van der Waals surface area contributed by atoms with E-state index in [1.807, 2.05) is 23.9 Å². The van der Waals surface area contributed by atoms with Gasteiger partial charge in [0.05, 0.1) is 7.11 Å². The number of rotatable bonds is 7. The monoisotopic (exact) mass is 281 g/mol. The largest absolute Gasteiger partial charge is 0.497 e. The van der Waals surface area contributed by atoms with Gasteiger partial charge in [-0.1, -0.05) is 12.1 Å². The lowest BCUT2D eigenvalue weighted by atomic mass is 10.1. The van der Waals surface area contributed by atoms with Crippen molar-refractivity contribution in [1.82, 2.24) is 10.6 Å². The average Bonchev–Trinajstić information content (AvgIpc) is 2.46. The predicted molar refractivity (Wildman–Crippen MR) is 84.4 cm³/mol. The Morgan fingerprint density at radius 1 is 1.32 bits per heavy atom. The van der Waals surface area contributed by atoms with E-state index >= 15 is 0 Å². The average molecular weight is 281 g/mol. The van der Waals surface area contributed by atoms with Crippen LogP contribution < -0.4 is 15.4 Å². The second-order valence-electron chi connectivity index (χ2n) is 4.02. The molecule has 0 saturated carbocycles. The molecule has 0 amide bonds. The fourth-order valence-electron chi connectivity index (χ4n) is 1.65. The van der Waals surface area contributed by atoms with Gasteiger partial charge in [0.15, 0.2) is 5.96 Å². The van der Waals surface area contributed by atoms with E-state index in [1.165, 1.54) is 5.56 Å². The molecule has 1 aromatic carbocycles. The van der Waals surface area contributed by atoms with Gasteiger partial charge in [0, 0.05) is 25.9 Å². The Morgan fingerprint density at radius 3 is 2.79 bits per heavy atom. The molecule has 106 valence electrons. The molecule has 0 aliphatic heterocycles. The van der Waals surface area contributed by atoms with Crippen molar-refractivity contribution >= 4 is 17.7 Å². The van der Waals surface area contributed by atoms with E-state index in [2.05, 4.69) is 34.0 Å². The minimum Gasteiger partial charge on any atom is -0.497 e. The SMILES string of the molecule is CN=C(NCCSC)NCCc1cccc(OC)c1. The Kier molecular flexibility index (Phi) is 7.89. The van der Waals surface area contributed by atoms with Crippen LogP contribution in [-0.2, 0) is 6.42 Å². The summed E-state index contributed by atoms with van der Waals surface area (Å²) in [7, 11) is 3.48. The minimum absolute atomic E-state index is 0.853. The first-order valence-electron chi connectivity index (χ1n) is 6.36. The van der Waals surface area contributed by atoms with Crippen molar-refractivity contribution in [3.8, 4) is 5.75 Å². The number of nitrogens with one attached hydrogen (secondary N) is 2. The number of ether oxygens (including phenoxy) is 1. The number of hydrogen-bond acceptors (Lipinski definition) is 3. The topological polar surface area (TPSA) is 45.7 Å². The number of methoxy groups -OCH3 is 1. The van der Waals surface area contributed by atoms with Crippen LogP contribution >= 0.6 is 11.8 Å². The lowest BCUT2D eigenvalue weighted by molar-refractivity contribution is 0.414. The Bertz CT molecular complexity index is 396. The van der Waals surface area contributed by atoms with Gasteiger partial charge in [-0.15, -0.1) is 0 Å². The lowest BCUT2D eigenvalue weighted by Gasteiger charge is -2.11. The third kappa shape index (κ3) is 6.38. The van der Waals surface area contributed by atoms with Gasteiger partial charge in [-0.3, -0.25) is 4.99 Å². The molecule has 0 atom stereocenters. The van der Waals surface area contributed by atoms with Crippen LogP contribution in [0.15, 0.2) is 29.3 Å². The van der Waals surface area contributed by atoms with Crippen molar-refractivity contribution in [2.24, 2.45) is 4.99 Å². The van der Waals surface area contributed by atoms with E-state index in [0.29, 0.717) is 0 Å². The second-order valence-corrected chi connectivity index (χ2v) is 5.01. The maximum Gasteiger partial charge on any atom is 0.191 e. The first kappa shape index (κ1) is 15.7. The molecule has 4 nitrogen and oxygen atoms in total. The number of benzene rings is 1. The predicted octanol–water partition coefficient (Wildman–Crippen LogP) is 1.77. The number of hydrogen-bond donors (Lipinski definition) is 2. The van der Waals surface area contributed by atoms with Crippen molar-refractivity contribution in [3.63, 3.8) is 0 Å². The van der Waals surface area contributed by atoms with Gasteiger partial charge in [0.1, 0.15) is 5.75 Å². The number of guanidine groups is 1. The molecule has 1 rings (SSSR count). The smallest absolute Gasteiger partial charge is 0.191 e. The molecule has 0 fully saturated rings. The van der Waals surface area contributed by atoms with Crippen LogP contribution in [0.5, 0.6) is 5.75 Å². The first-order chi connectivity index (χ1) is 9.30. The van der Waals surface area contributed by atoms with E-state index in [4.69, 9.17) is 4.74 Å². The summed E-state index contributed by atoms with van der Waals surface area (Å²) in [6.07, 6.45) is 3.04. The quantitative estimate of drug-likeness (QED) is 0.454. The molecule has 5 heteroatoms. The van der Waals surface area contributed by atoms with E-state index in [-0.39, 0.29) is 0 Å². The van der Waals surface area contributed by atoms with Crippen LogP contribution in [0.2, 0.25) is 0 Å². The maximum atomic E-state index is 5.21. The summed E-state index contributed by atoms with van der Waals surface area (Å²) in [5.74, 6) is 2.84. The van der Waals surface area contributed by atoms with Crippen LogP contribution in [0.4, 0.5) is 0 Å². The summed E-state index contributed by atoms with van der Waals surface area (Å²) >= 11 is 1.82. The fraction of sp³-hybridized carbons (Fsp3) is 0.500. The summed E-state index contributed by atoms with van der Waals surface area (Å²) in [5, 5.41) is 6.58. The molecule has 0 bridgehead atoms. The molecule has 1 aromatic rings. The van der Waals surface area contributed by atoms with Crippen molar-refractivity contribution in [3.05, 3.63) is 29.8 Å². The number of thioether (sulfide) groups is 1. The van der Waals surface area contributed by atoms with Crippen LogP contribution in [0.1, 0.15) is 5.56 Å². The molecule has 2 N–H and O–H groups in total. The normalized spacial score (nSPS) is 11.2. The number of aliphatic imine (C=N–C) groups is 1. The van der Waals surface area contributed by atoms with E-state index < -0.39 is 0 Å². The highest BCUT2D eigenvalue weighted by molar-refractivity contribution is 7.98. The summed E-state index contributed by atoms with van der Waals surface area (Å²) in [6.45, 7) is 1.78. The molecule has 19 heavy (non-hydrogen) atoms. The number of nitrogens with zero attached hydrogens (tertiary/aromatic N) is 1. The van der Waals surface area contributed by atoms with Crippen LogP contribution in [-0.4, -0.2) is 45.2 Å². The maximum absolute atomic E-state index is 5.21. The highest BCUT2D eigenvalue weighted by Gasteiger charge is 1.98. The minimum atomic E-state index is 0.853. The zero-order valence-electron chi connectivity index (χ0n) is 11.9. The van der Waals surface area contributed by atoms with Gasteiger partial charge in [-0.25, -0.2) is 0 Å². The standard InChI is InChI=1S/C14H23N3OS/c1-15-14(17-9-10-19-3)16-8-7-12-5-4-6-13(11-12)18-2/h4-6,11H,7-10H2,1-3H3,(H2,15,16,17). The van der Waals surface area contributed by atoms with Crippen molar-refractivity contribution in [1.29, 1.82) is 0 Å². The van der Waals surface area contributed by atoms with Gasteiger partial charge in [-0.05, 0) is 30.4 Å². The third-order valence-corrected chi connectivity index (χ3v) is 3.27. The fourth-order valence-corrected chi connectivity index (χ4v) is 1.95. The molecular weight excluding hydrogens is 258 g/mol. The van der Waals surface area contributed by atoms with Gasteiger partial charge in [-0.2, -0.15) is 11.8 Å². The highest BCUT2D eigenvalue weighted by Crippen LogP contribution is 2.12. The molecule has 0 aromatic heterocycles. The van der Waals surface area contributed by atoms with E-state index in [1.54, 1.807) is 14.2 Å². The summed E-state index contributed by atoms with van der Waals surface area (Å²) in [6, 6.07) is 8.14. The van der Waals surface area contributed by atoms with E-state index in [9.17, 15) is 0 Å². The first-order valence-corrected chi connectivity index (χ1v) is 7.76. The lowest BCUT2D eigenvalue weighted by Crippen LogP contribution is -2.39. The summed E-state index contributed by atoms with van der Waals surface area (Å²) in [4.78, 5) is 4.19. The molecule has 0 aliphatic rings. The van der Waals surface area contributed by atoms with Crippen LogP contribution in [0.3, 0.4) is 0 Å². The molecule has 0 saturated heterocycles. The molecule has 0 unspecified atom stereocenters. The Morgan fingerprint density at radius 2 is 2.11 bits per heavy atom. The summed E-state index contributed by atoms with van der Waals surface area (Å²) < 4.78 is 5.21. The Balaban J connectivity index is 2.31. The third-order valence-electron chi connectivity index (χ3n) is 2.66. The molecule has 0 spiro atoms. The zero-order chi connectivity index (χ0) is 13.9. The second kappa shape index (κ2) is 9.55. The van der Waals surface area contributed by atoms with Crippen molar-refractivity contribution < 1.29 is 4.74 Å². The molecule has 0 heterocycles. The van der Waals surface area contributed by atoms with Gasteiger partial charge < -0.3 is 15.4 Å².